The summed E-state index contributed by atoms with van der Waals surface area (Å²) in [6.07, 6.45) is -4.18. The van der Waals surface area contributed by atoms with E-state index in [1.54, 1.807) is 28.8 Å². The van der Waals surface area contributed by atoms with Gasteiger partial charge in [-0.1, -0.05) is 6.07 Å². The van der Waals surface area contributed by atoms with Crippen molar-refractivity contribution < 1.29 is 41.4 Å². The van der Waals surface area contributed by atoms with Gasteiger partial charge in [0, 0.05) is 6.54 Å². The molecule has 9 nitrogen and oxygen atoms in total. The van der Waals surface area contributed by atoms with Gasteiger partial charge < -0.3 is 19.2 Å². The summed E-state index contributed by atoms with van der Waals surface area (Å²) in [5, 5.41) is 3.13. The molecule has 0 radical (unpaired) electrons. The predicted molar refractivity (Wildman–Crippen MR) is 98.5 cm³/mol. The minimum atomic E-state index is -5.31. The van der Waals surface area contributed by atoms with Crippen LogP contribution in [0.4, 0.5) is 18.0 Å². The second-order valence-corrected chi connectivity index (χ2v) is 6.51. The maximum absolute atomic E-state index is 13.8. The number of carbonyl (C=O) groups excluding carboxylic acids is 3. The van der Waals surface area contributed by atoms with Crippen molar-refractivity contribution in [1.29, 1.82) is 0 Å². The van der Waals surface area contributed by atoms with Gasteiger partial charge in [-0.05, 0) is 36.2 Å². The lowest BCUT2D eigenvalue weighted by atomic mass is 10.1. The Kier molecular flexibility index (Phi) is 5.82. The van der Waals surface area contributed by atoms with E-state index in [1.165, 1.54) is 20.3 Å². The van der Waals surface area contributed by atoms with Crippen molar-refractivity contribution in [2.45, 2.75) is 18.3 Å². The molecule has 2 aromatic rings. The first-order valence-corrected chi connectivity index (χ1v) is 8.90. The third kappa shape index (κ3) is 4.00. The van der Waals surface area contributed by atoms with E-state index in [9.17, 15) is 27.6 Å². The summed E-state index contributed by atoms with van der Waals surface area (Å²) in [7, 11) is 2.86. The van der Waals surface area contributed by atoms with Crippen molar-refractivity contribution in [1.82, 2.24) is 15.5 Å². The average molecular weight is 441 g/mol. The Bertz CT molecular complexity index is 992. The normalized spacial score (nSPS) is 18.7. The lowest BCUT2D eigenvalue weighted by molar-refractivity contribution is -0.200. The molecule has 1 fully saturated rings. The fourth-order valence-electron chi connectivity index (χ4n) is 3.04. The Hall–Kier alpha value is -3.70. The largest absolute Gasteiger partial charge is 0.493 e. The van der Waals surface area contributed by atoms with Crippen molar-refractivity contribution >= 4 is 17.8 Å². The van der Waals surface area contributed by atoms with Crippen LogP contribution in [0, 0.1) is 0 Å². The summed E-state index contributed by atoms with van der Waals surface area (Å²) in [6.45, 7) is -0.366. The zero-order valence-electron chi connectivity index (χ0n) is 16.4. The van der Waals surface area contributed by atoms with Gasteiger partial charge in [0.2, 0.25) is 0 Å². The van der Waals surface area contributed by atoms with Crippen LogP contribution in [0.3, 0.4) is 0 Å². The van der Waals surface area contributed by atoms with Crippen LogP contribution in [0.1, 0.15) is 16.1 Å². The van der Waals surface area contributed by atoms with Gasteiger partial charge in [0.25, 0.3) is 17.5 Å². The summed E-state index contributed by atoms with van der Waals surface area (Å²) >= 11 is 0. The van der Waals surface area contributed by atoms with Crippen LogP contribution in [0.15, 0.2) is 41.0 Å². The molecule has 4 amide bonds. The number of carbonyl (C=O) groups is 3. The van der Waals surface area contributed by atoms with E-state index in [2.05, 4.69) is 0 Å². The number of imide groups is 1. The van der Waals surface area contributed by atoms with E-state index < -0.39 is 35.4 Å². The molecule has 2 heterocycles. The van der Waals surface area contributed by atoms with Crippen LogP contribution in [0.2, 0.25) is 0 Å². The van der Waals surface area contributed by atoms with E-state index in [0.29, 0.717) is 22.0 Å². The molecule has 0 saturated carbocycles. The average Bonchev–Trinajstić information content (AvgIpc) is 3.34. The minimum absolute atomic E-state index is 0.0413. The summed E-state index contributed by atoms with van der Waals surface area (Å²) < 4.78 is 56.5. The molecule has 2 N–H and O–H groups in total. The fraction of sp³-hybridized carbons (Fsp3) is 0.316. The second-order valence-electron chi connectivity index (χ2n) is 6.51. The third-order valence-corrected chi connectivity index (χ3v) is 4.65. The molecule has 1 aliphatic rings. The fourth-order valence-corrected chi connectivity index (χ4v) is 3.04. The van der Waals surface area contributed by atoms with Gasteiger partial charge in [0.05, 0.1) is 20.5 Å². The lowest BCUT2D eigenvalue weighted by Crippen LogP contribution is -2.69. The highest BCUT2D eigenvalue weighted by molar-refractivity contribution is 6.10. The summed E-state index contributed by atoms with van der Waals surface area (Å²) in [4.78, 5) is 37.4. The SMILES string of the molecule is COc1ccc(CCN2C(=O)NC(NC(=O)c3ccco3)(C(F)(F)F)C2=O)cc1OC. The van der Waals surface area contributed by atoms with Gasteiger partial charge >= 0.3 is 12.2 Å². The first-order chi connectivity index (χ1) is 14.6. The monoisotopic (exact) mass is 441 g/mol. The number of urea groups is 1. The summed E-state index contributed by atoms with van der Waals surface area (Å²) in [6, 6.07) is 5.91. The van der Waals surface area contributed by atoms with Gasteiger partial charge in [0.15, 0.2) is 17.3 Å². The standard InChI is InChI=1S/C19H18F3N3O6/c1-29-12-6-5-11(10-14(12)30-2)7-8-25-16(27)18(19(20,21)22,24-17(25)28)23-15(26)13-4-3-9-31-13/h3-6,9-10H,7-8H2,1-2H3,(H,23,26)(H,24,28). The first kappa shape index (κ1) is 22.0. The molecule has 12 heteroatoms. The molecule has 0 aliphatic carbocycles. The zero-order valence-corrected chi connectivity index (χ0v) is 16.4. The molecule has 1 atom stereocenters. The van der Waals surface area contributed by atoms with Crippen LogP contribution in [-0.4, -0.2) is 55.3 Å². The maximum Gasteiger partial charge on any atom is 0.440 e. The molecule has 0 spiro atoms. The molecule has 1 saturated heterocycles. The zero-order chi connectivity index (χ0) is 22.8. The number of ether oxygens (including phenoxy) is 2. The Morgan fingerprint density at radius 2 is 1.90 bits per heavy atom. The number of hydrogen-bond acceptors (Lipinski definition) is 6. The lowest BCUT2D eigenvalue weighted by Gasteiger charge is -2.29. The number of rotatable bonds is 7. The smallest absolute Gasteiger partial charge is 0.440 e. The first-order valence-electron chi connectivity index (χ1n) is 8.90. The maximum atomic E-state index is 13.8. The highest BCUT2D eigenvalue weighted by Gasteiger charge is 2.68. The molecule has 1 unspecified atom stereocenters. The van der Waals surface area contributed by atoms with Crippen LogP contribution in [-0.2, 0) is 11.2 Å². The van der Waals surface area contributed by atoms with Gasteiger partial charge in [0.1, 0.15) is 0 Å². The van der Waals surface area contributed by atoms with Crippen molar-refractivity contribution in [3.63, 3.8) is 0 Å². The van der Waals surface area contributed by atoms with E-state index in [4.69, 9.17) is 13.9 Å². The number of amides is 4. The van der Waals surface area contributed by atoms with E-state index >= 15 is 0 Å². The summed E-state index contributed by atoms with van der Waals surface area (Å²) in [5.41, 5.74) is -3.02. The number of halogens is 3. The van der Waals surface area contributed by atoms with Crippen LogP contribution < -0.4 is 20.1 Å². The molecule has 0 bridgehead atoms. The number of nitrogens with one attached hydrogen (secondary N) is 2. The van der Waals surface area contributed by atoms with E-state index in [1.807, 2.05) is 0 Å². The quantitative estimate of drug-likeness (QED) is 0.637. The van der Waals surface area contributed by atoms with Gasteiger partial charge in [-0.2, -0.15) is 13.2 Å². The topological polar surface area (TPSA) is 110 Å². The molecule has 1 aliphatic heterocycles. The minimum Gasteiger partial charge on any atom is -0.493 e. The van der Waals surface area contributed by atoms with Crippen LogP contribution in [0.5, 0.6) is 11.5 Å². The number of furan rings is 1. The number of benzene rings is 1. The molecule has 31 heavy (non-hydrogen) atoms. The molecular formula is C19H18F3N3O6. The van der Waals surface area contributed by atoms with Crippen molar-refractivity contribution in [3.05, 3.63) is 47.9 Å². The molecule has 3 rings (SSSR count). The number of methoxy groups -OCH3 is 2. The molecule has 166 valence electrons. The Balaban J connectivity index is 1.81. The Morgan fingerprint density at radius 3 is 2.48 bits per heavy atom. The van der Waals surface area contributed by atoms with Crippen LogP contribution in [0.25, 0.3) is 0 Å². The molecule has 1 aromatic carbocycles. The Morgan fingerprint density at radius 1 is 1.19 bits per heavy atom. The predicted octanol–water partition coefficient (Wildman–Crippen LogP) is 2.08. The third-order valence-electron chi connectivity index (χ3n) is 4.65. The molecular weight excluding hydrogens is 423 g/mol. The highest BCUT2D eigenvalue weighted by Crippen LogP contribution is 2.34. The number of nitrogens with zero attached hydrogens (tertiary/aromatic N) is 1. The number of hydrogen-bond donors (Lipinski definition) is 2. The second kappa shape index (κ2) is 8.20. The van der Waals surface area contributed by atoms with Crippen molar-refractivity contribution in [3.8, 4) is 11.5 Å². The van der Waals surface area contributed by atoms with Crippen molar-refractivity contribution in [2.75, 3.05) is 20.8 Å². The summed E-state index contributed by atoms with van der Waals surface area (Å²) in [5.74, 6) is -2.58. The van der Waals surface area contributed by atoms with Gasteiger partial charge in [-0.25, -0.2) is 4.79 Å². The number of alkyl halides is 3. The van der Waals surface area contributed by atoms with Gasteiger partial charge in [-0.15, -0.1) is 0 Å². The van der Waals surface area contributed by atoms with Gasteiger partial charge in [-0.3, -0.25) is 19.8 Å². The van der Waals surface area contributed by atoms with E-state index in [0.717, 1.165) is 12.3 Å². The van der Waals surface area contributed by atoms with E-state index in [-0.39, 0.29) is 13.0 Å². The highest BCUT2D eigenvalue weighted by atomic mass is 19.4. The van der Waals surface area contributed by atoms with Crippen molar-refractivity contribution in [2.24, 2.45) is 0 Å². The van der Waals surface area contributed by atoms with Crippen LogP contribution >= 0.6 is 0 Å². The molecule has 1 aromatic heterocycles. The Labute approximate surface area is 174 Å².